The van der Waals surface area contributed by atoms with Gasteiger partial charge < -0.3 is 4.74 Å². The second-order valence-corrected chi connectivity index (χ2v) is 20.6. The molecule has 0 aromatic heterocycles. The first-order valence-corrected chi connectivity index (χ1v) is 23.2. The van der Waals surface area contributed by atoms with E-state index in [0.29, 0.717) is 30.7 Å². The lowest BCUT2D eigenvalue weighted by molar-refractivity contribution is -0.0734. The topological polar surface area (TPSA) is 45.3 Å². The maximum atomic E-state index is 7.31. The van der Waals surface area contributed by atoms with Crippen molar-refractivity contribution in [2.75, 3.05) is 0 Å². The first-order valence-electron chi connectivity index (χ1n) is 23.2. The third-order valence-corrected chi connectivity index (χ3v) is 18.5. The Morgan fingerprint density at radius 1 is 0.286 bits per heavy atom. The fourth-order valence-corrected chi connectivity index (χ4v) is 16.2. The minimum atomic E-state index is 0.492. The Balaban J connectivity index is 0.850. The summed E-state index contributed by atoms with van der Waals surface area (Å²) < 4.78 is 7.31. The molecule has 2 aliphatic heterocycles. The lowest BCUT2D eigenvalue weighted by atomic mass is 9.52. The van der Waals surface area contributed by atoms with Crippen LogP contribution in [0.3, 0.4) is 0 Å². The lowest BCUT2D eigenvalue weighted by Crippen LogP contribution is -2.73. The lowest BCUT2D eigenvalue weighted by Gasteiger charge is -2.53. The zero-order chi connectivity index (χ0) is 32.3. The number of ether oxygens (including phenoxy) is 1. The van der Waals surface area contributed by atoms with Gasteiger partial charge in [-0.3, -0.25) is 16.0 Å². The molecule has 10 aliphatic rings. The van der Waals surface area contributed by atoms with Gasteiger partial charge >= 0.3 is 0 Å². The second-order valence-electron chi connectivity index (χ2n) is 20.6. The van der Waals surface area contributed by atoms with Crippen molar-refractivity contribution in [2.45, 2.75) is 204 Å². The number of nitrogens with one attached hydrogen (secondary N) is 3. The van der Waals surface area contributed by atoms with Gasteiger partial charge in [-0.1, -0.05) is 83.5 Å². The second kappa shape index (κ2) is 14.6. The van der Waals surface area contributed by atoms with Crippen LogP contribution in [-0.2, 0) is 4.74 Å². The van der Waals surface area contributed by atoms with E-state index in [4.69, 9.17) is 4.74 Å². The zero-order valence-electron chi connectivity index (χ0n) is 31.4. The van der Waals surface area contributed by atoms with Crippen LogP contribution in [0.25, 0.3) is 0 Å². The highest BCUT2D eigenvalue weighted by Crippen LogP contribution is 2.60. The predicted molar refractivity (Wildman–Crippen MR) is 199 cm³/mol. The fourth-order valence-electron chi connectivity index (χ4n) is 16.2. The average molecular weight is 674 g/mol. The molecule has 0 aromatic carbocycles. The van der Waals surface area contributed by atoms with Gasteiger partial charge in [0.15, 0.2) is 0 Å². The van der Waals surface area contributed by atoms with Crippen LogP contribution >= 0.6 is 0 Å². The Hall–Kier alpha value is -0.160. The normalized spacial score (nSPS) is 53.8. The summed E-state index contributed by atoms with van der Waals surface area (Å²) in [6, 6.07) is 0. The van der Waals surface area contributed by atoms with Crippen molar-refractivity contribution in [1.29, 1.82) is 0 Å². The average Bonchev–Trinajstić information content (AvgIpc) is 3.55. The first-order chi connectivity index (χ1) is 24.2. The molecule has 17 atom stereocenters. The smallest absolute Gasteiger partial charge is 0.0624 e. The molecule has 0 bridgehead atoms. The van der Waals surface area contributed by atoms with E-state index in [-0.39, 0.29) is 0 Å². The summed E-state index contributed by atoms with van der Waals surface area (Å²) in [5.74, 6) is 12.3. The highest BCUT2D eigenvalue weighted by Gasteiger charge is 2.58. The maximum absolute atomic E-state index is 7.31. The van der Waals surface area contributed by atoms with Gasteiger partial charge in [-0.25, -0.2) is 0 Å². The summed E-state index contributed by atoms with van der Waals surface area (Å²) in [6.45, 7) is 0. The summed E-state index contributed by atoms with van der Waals surface area (Å²) in [6.07, 6.45) is 42.9. The molecule has 3 N–H and O–H groups in total. The molecule has 4 nitrogen and oxygen atoms in total. The van der Waals surface area contributed by atoms with Crippen LogP contribution in [-0.4, -0.2) is 30.7 Å². The molecule has 0 radical (unpaired) electrons. The van der Waals surface area contributed by atoms with E-state index in [0.717, 1.165) is 76.9 Å². The van der Waals surface area contributed by atoms with Crippen LogP contribution in [0.1, 0.15) is 173 Å². The van der Waals surface area contributed by atoms with Crippen molar-refractivity contribution in [3.05, 3.63) is 0 Å². The third kappa shape index (κ3) is 6.55. The van der Waals surface area contributed by atoms with Gasteiger partial charge in [-0.15, -0.1) is 0 Å². The maximum Gasteiger partial charge on any atom is 0.0624 e. The van der Waals surface area contributed by atoms with E-state index in [1.165, 1.54) is 135 Å². The van der Waals surface area contributed by atoms with E-state index in [9.17, 15) is 0 Å². The minimum absolute atomic E-state index is 0.492. The summed E-state index contributed by atoms with van der Waals surface area (Å²) in [4.78, 5) is 0. The van der Waals surface area contributed by atoms with Gasteiger partial charge in [-0.05, 0) is 167 Å². The quantitative estimate of drug-likeness (QED) is 0.278. The van der Waals surface area contributed by atoms with E-state index in [1.807, 2.05) is 0 Å². The Labute approximate surface area is 301 Å². The zero-order valence-corrected chi connectivity index (χ0v) is 31.4. The number of hydrogen-bond donors (Lipinski definition) is 3. The third-order valence-electron chi connectivity index (χ3n) is 18.5. The van der Waals surface area contributed by atoms with Crippen molar-refractivity contribution in [3.63, 3.8) is 0 Å². The van der Waals surface area contributed by atoms with Gasteiger partial charge in [0.05, 0.1) is 30.7 Å². The van der Waals surface area contributed by atoms with Gasteiger partial charge in [0, 0.05) is 0 Å². The van der Waals surface area contributed by atoms with Gasteiger partial charge in [-0.2, -0.15) is 0 Å². The molecule has 17 unspecified atom stereocenters. The predicted octanol–water partition coefficient (Wildman–Crippen LogP) is 10.2. The van der Waals surface area contributed by atoms with E-state index in [1.54, 1.807) is 38.5 Å². The number of fused-ring (bicyclic) bond motifs is 7. The van der Waals surface area contributed by atoms with Crippen LogP contribution in [0.2, 0.25) is 0 Å². The molecule has 276 valence electrons. The van der Waals surface area contributed by atoms with Crippen LogP contribution in [0, 0.1) is 76.9 Å². The Morgan fingerprint density at radius 2 is 0.776 bits per heavy atom. The molecule has 2 saturated heterocycles. The molecule has 49 heavy (non-hydrogen) atoms. The van der Waals surface area contributed by atoms with Crippen LogP contribution in [0.15, 0.2) is 0 Å². The summed E-state index contributed by atoms with van der Waals surface area (Å²) >= 11 is 0. The highest BCUT2D eigenvalue weighted by atomic mass is 16.5. The summed E-state index contributed by atoms with van der Waals surface area (Å²) in [7, 11) is 0. The summed E-state index contributed by atoms with van der Waals surface area (Å²) in [5.41, 5.74) is 0. The molecular formula is C45H75N3O. The monoisotopic (exact) mass is 674 g/mol. The molecule has 4 heteroatoms. The van der Waals surface area contributed by atoms with Crippen molar-refractivity contribution in [2.24, 2.45) is 76.9 Å². The molecule has 8 aliphatic carbocycles. The van der Waals surface area contributed by atoms with E-state index >= 15 is 0 Å². The Kier molecular flexibility index (Phi) is 9.94. The number of rotatable bonds is 4. The van der Waals surface area contributed by atoms with Crippen LogP contribution in [0.4, 0.5) is 0 Å². The summed E-state index contributed by atoms with van der Waals surface area (Å²) in [5, 5.41) is 13.0. The van der Waals surface area contributed by atoms with Gasteiger partial charge in [0.1, 0.15) is 0 Å². The SMILES string of the molecule is C1CCC(C2NC(C3CCC4CCCCC4C3)NC(C3CCC4OC5CC(C6CCC7CCCCC7C6)C6CCCCC6C5C4C3)N2)CC1. The molecule has 0 spiro atoms. The molecule has 10 rings (SSSR count). The van der Waals surface area contributed by atoms with Gasteiger partial charge in [0.25, 0.3) is 0 Å². The van der Waals surface area contributed by atoms with Gasteiger partial charge in [0.2, 0.25) is 0 Å². The first kappa shape index (κ1) is 33.4. The molecular weight excluding hydrogens is 599 g/mol. The minimum Gasteiger partial charge on any atom is -0.374 e. The molecule has 0 amide bonds. The molecule has 8 saturated carbocycles. The largest absolute Gasteiger partial charge is 0.374 e. The van der Waals surface area contributed by atoms with Crippen molar-refractivity contribution >= 4 is 0 Å². The van der Waals surface area contributed by atoms with E-state index < -0.39 is 0 Å². The molecule has 0 aromatic rings. The number of hydrogen-bond acceptors (Lipinski definition) is 4. The Bertz CT molecular complexity index is 1110. The standard InChI is InChI=1S/C45H75N3O/c1-2-12-30(13-3-1)43-46-44(34-21-19-29-11-5-7-15-32(29)25-34)48-45(47-43)35-22-23-40-39(26-35)42-37-17-9-8-16-36(37)38(27-41(42)49-40)33-20-18-28-10-4-6-14-31(28)24-33/h28-48H,1-27H2. The van der Waals surface area contributed by atoms with Crippen molar-refractivity contribution in [1.82, 2.24) is 16.0 Å². The van der Waals surface area contributed by atoms with Crippen molar-refractivity contribution < 1.29 is 4.74 Å². The molecule has 10 fully saturated rings. The molecule has 2 heterocycles. The Morgan fingerprint density at radius 3 is 1.49 bits per heavy atom. The van der Waals surface area contributed by atoms with Crippen LogP contribution < -0.4 is 16.0 Å². The van der Waals surface area contributed by atoms with Crippen molar-refractivity contribution in [3.8, 4) is 0 Å². The highest BCUT2D eigenvalue weighted by molar-refractivity contribution is 5.07. The van der Waals surface area contributed by atoms with E-state index in [2.05, 4.69) is 16.0 Å². The van der Waals surface area contributed by atoms with Crippen LogP contribution in [0.5, 0.6) is 0 Å². The fraction of sp³-hybridized carbons (Fsp3) is 1.00.